The maximum atomic E-state index is 11.3. The Balaban J connectivity index is 1.94. The van der Waals surface area contributed by atoms with Crippen LogP contribution in [0.1, 0.15) is 28.6 Å². The molecule has 0 fully saturated rings. The Bertz CT molecular complexity index is 615. The number of benzene rings is 1. The van der Waals surface area contributed by atoms with Crippen molar-refractivity contribution in [2.45, 2.75) is 19.4 Å². The number of aliphatic hydroxyl groups excluding tert-OH is 1. The maximum Gasteiger partial charge on any atom is 0.228 e. The van der Waals surface area contributed by atoms with Crippen molar-refractivity contribution in [3.05, 3.63) is 53.0 Å². The number of carbonyl (C=O) groups excluding carboxylic acids is 1. The monoisotopic (exact) mass is 243 g/mol. The molecule has 0 saturated carbocycles. The van der Waals surface area contributed by atoms with Crippen LogP contribution in [0.5, 0.6) is 0 Å². The van der Waals surface area contributed by atoms with Crippen LogP contribution in [-0.4, -0.2) is 11.0 Å². The van der Waals surface area contributed by atoms with Gasteiger partial charge in [-0.3, -0.25) is 4.79 Å². The Morgan fingerprint density at radius 1 is 1.33 bits per heavy atom. The summed E-state index contributed by atoms with van der Waals surface area (Å²) in [5.74, 6) is 0.762. The first-order chi connectivity index (χ1) is 8.63. The third-order valence-electron chi connectivity index (χ3n) is 3.14. The van der Waals surface area contributed by atoms with Crippen LogP contribution in [0, 0.1) is 6.92 Å². The number of amides is 1. The van der Waals surface area contributed by atoms with Crippen LogP contribution in [0.25, 0.3) is 0 Å². The van der Waals surface area contributed by atoms with Gasteiger partial charge in [0, 0.05) is 11.3 Å². The Morgan fingerprint density at radius 3 is 2.89 bits per heavy atom. The zero-order valence-corrected chi connectivity index (χ0v) is 9.93. The minimum atomic E-state index is -0.719. The fourth-order valence-corrected chi connectivity index (χ4v) is 2.22. The van der Waals surface area contributed by atoms with Gasteiger partial charge in [0.1, 0.15) is 11.9 Å². The van der Waals surface area contributed by atoms with Crippen molar-refractivity contribution in [2.24, 2.45) is 0 Å². The lowest BCUT2D eigenvalue weighted by Gasteiger charge is -2.10. The van der Waals surface area contributed by atoms with Gasteiger partial charge in [-0.15, -0.1) is 0 Å². The molecule has 0 aliphatic carbocycles. The highest BCUT2D eigenvalue weighted by atomic mass is 16.3. The molecule has 1 aromatic heterocycles. The number of carbonyl (C=O) groups is 1. The molecule has 92 valence electrons. The molecular weight excluding hydrogens is 230 g/mol. The van der Waals surface area contributed by atoms with Crippen LogP contribution in [0.4, 0.5) is 5.69 Å². The van der Waals surface area contributed by atoms with Crippen LogP contribution < -0.4 is 5.32 Å². The second kappa shape index (κ2) is 3.99. The number of aliphatic hydroxyl groups is 1. The first-order valence-corrected chi connectivity index (χ1v) is 5.79. The van der Waals surface area contributed by atoms with E-state index in [2.05, 4.69) is 5.32 Å². The van der Waals surface area contributed by atoms with Crippen LogP contribution in [0.3, 0.4) is 0 Å². The highest BCUT2D eigenvalue weighted by molar-refractivity contribution is 5.99. The fraction of sp³-hybridized carbons (Fsp3) is 0.214. The lowest BCUT2D eigenvalue weighted by molar-refractivity contribution is -0.115. The first-order valence-electron chi connectivity index (χ1n) is 5.79. The summed E-state index contributed by atoms with van der Waals surface area (Å²) >= 11 is 0. The van der Waals surface area contributed by atoms with Crippen LogP contribution in [-0.2, 0) is 11.2 Å². The molecule has 1 aliphatic heterocycles. The SMILES string of the molecule is Cc1cc(C(O)c2ccc3c(c2)CC(=O)N3)co1. The van der Waals surface area contributed by atoms with Gasteiger partial charge in [0.05, 0.1) is 12.7 Å². The molecule has 1 unspecified atom stereocenters. The van der Waals surface area contributed by atoms with Gasteiger partial charge in [-0.2, -0.15) is 0 Å². The van der Waals surface area contributed by atoms with Crippen molar-refractivity contribution >= 4 is 11.6 Å². The summed E-state index contributed by atoms with van der Waals surface area (Å²) in [6.45, 7) is 1.83. The summed E-state index contributed by atoms with van der Waals surface area (Å²) in [6.07, 6.45) is 1.21. The van der Waals surface area contributed by atoms with E-state index in [1.54, 1.807) is 12.3 Å². The molecule has 1 atom stereocenters. The molecule has 2 heterocycles. The Labute approximate surface area is 104 Å². The van der Waals surface area contributed by atoms with Gasteiger partial charge in [0.25, 0.3) is 0 Å². The molecule has 4 nitrogen and oxygen atoms in total. The Hall–Kier alpha value is -2.07. The van der Waals surface area contributed by atoms with Crippen molar-refractivity contribution < 1.29 is 14.3 Å². The molecule has 0 bridgehead atoms. The first kappa shape index (κ1) is 11.0. The standard InChI is InChI=1S/C14H13NO3/c1-8-4-11(7-18-8)14(17)9-2-3-12-10(5-9)6-13(16)15-12/h2-5,7,14,17H,6H2,1H3,(H,15,16). The van der Waals surface area contributed by atoms with E-state index in [0.717, 1.165) is 28.1 Å². The van der Waals surface area contributed by atoms with E-state index in [1.165, 1.54) is 0 Å². The molecule has 2 aromatic rings. The van der Waals surface area contributed by atoms with E-state index < -0.39 is 6.10 Å². The van der Waals surface area contributed by atoms with Crippen molar-refractivity contribution in [1.29, 1.82) is 0 Å². The average Bonchev–Trinajstić information content (AvgIpc) is 2.92. The fourth-order valence-electron chi connectivity index (χ4n) is 2.22. The molecular formula is C14H13NO3. The molecule has 1 aromatic carbocycles. The summed E-state index contributed by atoms with van der Waals surface area (Å²) < 4.78 is 5.19. The van der Waals surface area contributed by atoms with Gasteiger partial charge in [0.2, 0.25) is 5.91 Å². The molecule has 1 amide bonds. The van der Waals surface area contributed by atoms with E-state index >= 15 is 0 Å². The zero-order chi connectivity index (χ0) is 12.7. The number of furan rings is 1. The predicted octanol–water partition coefficient (Wildman–Crippen LogP) is 2.16. The van der Waals surface area contributed by atoms with E-state index in [4.69, 9.17) is 4.42 Å². The summed E-state index contributed by atoms with van der Waals surface area (Å²) in [4.78, 5) is 11.3. The summed E-state index contributed by atoms with van der Waals surface area (Å²) in [7, 11) is 0. The third kappa shape index (κ3) is 1.80. The highest BCUT2D eigenvalue weighted by Gasteiger charge is 2.20. The predicted molar refractivity (Wildman–Crippen MR) is 66.3 cm³/mol. The number of hydrogen-bond donors (Lipinski definition) is 2. The van der Waals surface area contributed by atoms with E-state index in [0.29, 0.717) is 6.42 Å². The minimum absolute atomic E-state index is 0.00389. The summed E-state index contributed by atoms with van der Waals surface area (Å²) in [5, 5.41) is 13.0. The second-order valence-electron chi connectivity index (χ2n) is 4.53. The smallest absolute Gasteiger partial charge is 0.228 e. The topological polar surface area (TPSA) is 62.5 Å². The van der Waals surface area contributed by atoms with Gasteiger partial charge in [-0.05, 0) is 30.2 Å². The van der Waals surface area contributed by atoms with E-state index in [9.17, 15) is 9.90 Å². The number of aryl methyl sites for hydroxylation is 1. The van der Waals surface area contributed by atoms with Crippen molar-refractivity contribution in [1.82, 2.24) is 0 Å². The van der Waals surface area contributed by atoms with Crippen LogP contribution in [0.15, 0.2) is 34.9 Å². The molecule has 3 rings (SSSR count). The normalized spacial score (nSPS) is 15.3. The van der Waals surface area contributed by atoms with Crippen LogP contribution >= 0.6 is 0 Å². The number of rotatable bonds is 2. The minimum Gasteiger partial charge on any atom is -0.469 e. The van der Waals surface area contributed by atoms with Crippen molar-refractivity contribution in [3.8, 4) is 0 Å². The lowest BCUT2D eigenvalue weighted by atomic mass is 10.0. The number of fused-ring (bicyclic) bond motifs is 1. The van der Waals surface area contributed by atoms with Gasteiger partial charge in [-0.25, -0.2) is 0 Å². The second-order valence-corrected chi connectivity index (χ2v) is 4.53. The van der Waals surface area contributed by atoms with Crippen molar-refractivity contribution in [3.63, 3.8) is 0 Å². The van der Waals surface area contributed by atoms with E-state index in [1.807, 2.05) is 25.1 Å². The van der Waals surface area contributed by atoms with Gasteiger partial charge in [-0.1, -0.05) is 12.1 Å². The maximum absolute atomic E-state index is 11.3. The van der Waals surface area contributed by atoms with Crippen molar-refractivity contribution in [2.75, 3.05) is 5.32 Å². The molecule has 18 heavy (non-hydrogen) atoms. The Morgan fingerprint density at radius 2 is 2.17 bits per heavy atom. The average molecular weight is 243 g/mol. The molecule has 4 heteroatoms. The zero-order valence-electron chi connectivity index (χ0n) is 9.93. The lowest BCUT2D eigenvalue weighted by Crippen LogP contribution is -2.03. The molecule has 0 radical (unpaired) electrons. The van der Waals surface area contributed by atoms with Gasteiger partial charge in [0.15, 0.2) is 0 Å². The largest absolute Gasteiger partial charge is 0.469 e. The van der Waals surface area contributed by atoms with Gasteiger partial charge < -0.3 is 14.8 Å². The molecule has 0 saturated heterocycles. The number of hydrogen-bond acceptors (Lipinski definition) is 3. The van der Waals surface area contributed by atoms with Gasteiger partial charge >= 0.3 is 0 Å². The summed E-state index contributed by atoms with van der Waals surface area (Å²) in [6, 6.07) is 7.31. The quantitative estimate of drug-likeness (QED) is 0.849. The highest BCUT2D eigenvalue weighted by Crippen LogP contribution is 2.29. The van der Waals surface area contributed by atoms with E-state index in [-0.39, 0.29) is 5.91 Å². The molecule has 2 N–H and O–H groups in total. The third-order valence-corrected chi connectivity index (χ3v) is 3.14. The van der Waals surface area contributed by atoms with Crippen LogP contribution in [0.2, 0.25) is 0 Å². The molecule has 0 spiro atoms. The summed E-state index contributed by atoms with van der Waals surface area (Å²) in [5.41, 5.74) is 3.26. The Kier molecular flexibility index (Phi) is 2.45. The number of nitrogens with one attached hydrogen (secondary N) is 1. The molecule has 1 aliphatic rings. The number of anilines is 1.